The van der Waals surface area contributed by atoms with Crippen molar-refractivity contribution in [1.29, 1.82) is 0 Å². The van der Waals surface area contributed by atoms with E-state index >= 15 is 0 Å². The molecule has 0 aliphatic heterocycles. The predicted octanol–water partition coefficient (Wildman–Crippen LogP) is 2.56. The minimum absolute atomic E-state index is 0.155. The van der Waals surface area contributed by atoms with Crippen molar-refractivity contribution in [2.75, 3.05) is 13.7 Å². The maximum atomic E-state index is 13.5. The molecule has 0 unspecified atom stereocenters. The normalized spacial score (nSPS) is 11.9. The van der Waals surface area contributed by atoms with Crippen molar-refractivity contribution < 1.29 is 32.2 Å². The number of hydrogen-bond donors (Lipinski definition) is 0. The third-order valence-electron chi connectivity index (χ3n) is 2.97. The van der Waals surface area contributed by atoms with Crippen LogP contribution >= 0.6 is 0 Å². The maximum Gasteiger partial charge on any atom is 0.306 e. The molecule has 0 saturated carbocycles. The average molecular weight is 304 g/mol. The van der Waals surface area contributed by atoms with Crippen LogP contribution in [0.1, 0.15) is 18.9 Å². The van der Waals surface area contributed by atoms with Crippen LogP contribution in [0.4, 0.5) is 13.2 Å². The number of Topliss-reactive ketones (excluding diaryl/α,β-unsaturated/α-hetero) is 1. The Bertz CT molecular complexity index is 531. The van der Waals surface area contributed by atoms with Crippen molar-refractivity contribution in [3.05, 3.63) is 29.1 Å². The lowest BCUT2D eigenvalue weighted by Crippen LogP contribution is -2.23. The van der Waals surface area contributed by atoms with Crippen LogP contribution in [-0.2, 0) is 14.3 Å². The van der Waals surface area contributed by atoms with Crippen LogP contribution in [0.15, 0.2) is 6.07 Å². The highest BCUT2D eigenvalue weighted by atomic mass is 19.2. The molecule has 7 heteroatoms. The molecule has 4 nitrogen and oxygen atoms in total. The van der Waals surface area contributed by atoms with E-state index in [1.807, 2.05) is 0 Å². The van der Waals surface area contributed by atoms with Gasteiger partial charge in [-0.3, -0.25) is 9.59 Å². The third kappa shape index (κ3) is 4.21. The largest absolute Gasteiger partial charge is 0.482 e. The second-order valence-electron chi connectivity index (χ2n) is 4.54. The van der Waals surface area contributed by atoms with E-state index in [-0.39, 0.29) is 12.0 Å². The molecular weight excluding hydrogens is 289 g/mol. The molecule has 0 aliphatic rings. The Kier molecular flexibility index (Phi) is 5.75. The van der Waals surface area contributed by atoms with Gasteiger partial charge in [0.25, 0.3) is 0 Å². The SMILES string of the molecule is COC(=O)C[C@H](C)C(=O)COc1c(C)c(F)cc(F)c1F. The second kappa shape index (κ2) is 7.10. The Labute approximate surface area is 119 Å². The highest BCUT2D eigenvalue weighted by Crippen LogP contribution is 2.27. The number of esters is 1. The van der Waals surface area contributed by atoms with Gasteiger partial charge in [0.05, 0.1) is 13.5 Å². The van der Waals surface area contributed by atoms with E-state index in [9.17, 15) is 22.8 Å². The summed E-state index contributed by atoms with van der Waals surface area (Å²) in [6.45, 7) is 2.08. The first-order valence-electron chi connectivity index (χ1n) is 6.14. The van der Waals surface area contributed by atoms with Gasteiger partial charge in [-0.15, -0.1) is 0 Å². The summed E-state index contributed by atoms with van der Waals surface area (Å²) in [5.74, 6) is -6.17. The van der Waals surface area contributed by atoms with Gasteiger partial charge in [0.1, 0.15) is 12.4 Å². The minimum Gasteiger partial charge on any atom is -0.482 e. The van der Waals surface area contributed by atoms with Gasteiger partial charge in [-0.1, -0.05) is 6.92 Å². The lowest BCUT2D eigenvalue weighted by atomic mass is 10.0. The fourth-order valence-corrected chi connectivity index (χ4v) is 1.57. The van der Waals surface area contributed by atoms with Gasteiger partial charge in [-0.05, 0) is 6.92 Å². The highest BCUT2D eigenvalue weighted by Gasteiger charge is 2.21. The number of ether oxygens (including phenoxy) is 2. The van der Waals surface area contributed by atoms with Crippen LogP contribution in [0.5, 0.6) is 5.75 Å². The van der Waals surface area contributed by atoms with Crippen molar-refractivity contribution in [3.63, 3.8) is 0 Å². The van der Waals surface area contributed by atoms with Crippen LogP contribution < -0.4 is 4.74 Å². The van der Waals surface area contributed by atoms with Crippen molar-refractivity contribution in [2.45, 2.75) is 20.3 Å². The molecule has 1 aromatic carbocycles. The summed E-state index contributed by atoms with van der Waals surface area (Å²) in [6, 6.07) is 0.402. The van der Waals surface area contributed by atoms with E-state index in [0.29, 0.717) is 6.07 Å². The zero-order chi connectivity index (χ0) is 16.2. The van der Waals surface area contributed by atoms with Crippen LogP contribution in [0, 0.1) is 30.3 Å². The summed E-state index contributed by atoms with van der Waals surface area (Å²) < 4.78 is 49.2. The van der Waals surface area contributed by atoms with Gasteiger partial charge in [0.2, 0.25) is 5.82 Å². The summed E-state index contributed by atoms with van der Waals surface area (Å²) in [5.41, 5.74) is -0.234. The maximum absolute atomic E-state index is 13.5. The second-order valence-corrected chi connectivity index (χ2v) is 4.54. The summed E-state index contributed by atoms with van der Waals surface area (Å²) in [7, 11) is 1.18. The lowest BCUT2D eigenvalue weighted by Gasteiger charge is -2.13. The number of halogens is 3. The van der Waals surface area contributed by atoms with Crippen molar-refractivity contribution in [3.8, 4) is 5.75 Å². The molecule has 0 heterocycles. The Morgan fingerprint density at radius 3 is 2.43 bits per heavy atom. The number of methoxy groups -OCH3 is 1. The summed E-state index contributed by atoms with van der Waals surface area (Å²) >= 11 is 0. The van der Waals surface area contributed by atoms with Crippen LogP contribution in [0.2, 0.25) is 0 Å². The molecule has 0 spiro atoms. The molecule has 0 aromatic heterocycles. The van der Waals surface area contributed by atoms with E-state index in [1.54, 1.807) is 0 Å². The Morgan fingerprint density at radius 1 is 1.24 bits per heavy atom. The zero-order valence-electron chi connectivity index (χ0n) is 11.8. The van der Waals surface area contributed by atoms with Gasteiger partial charge in [-0.2, -0.15) is 4.39 Å². The molecule has 21 heavy (non-hydrogen) atoms. The van der Waals surface area contributed by atoms with E-state index in [0.717, 1.165) is 0 Å². The number of carbonyl (C=O) groups is 2. The molecule has 0 saturated heterocycles. The first kappa shape index (κ1) is 17.0. The van der Waals surface area contributed by atoms with Crippen LogP contribution in [0.25, 0.3) is 0 Å². The van der Waals surface area contributed by atoms with Crippen molar-refractivity contribution in [1.82, 2.24) is 0 Å². The number of hydrogen-bond acceptors (Lipinski definition) is 4. The summed E-state index contributed by atoms with van der Waals surface area (Å²) in [5, 5.41) is 0. The van der Waals surface area contributed by atoms with Gasteiger partial charge < -0.3 is 9.47 Å². The Hall–Kier alpha value is -2.05. The zero-order valence-corrected chi connectivity index (χ0v) is 11.8. The fourth-order valence-electron chi connectivity index (χ4n) is 1.57. The molecular formula is C14H15F3O4. The number of carbonyl (C=O) groups excluding carboxylic acids is 2. The first-order chi connectivity index (χ1) is 9.77. The van der Waals surface area contributed by atoms with E-state index < -0.39 is 47.5 Å². The van der Waals surface area contributed by atoms with Gasteiger partial charge in [-0.25, -0.2) is 8.78 Å². The standard InChI is InChI=1S/C14H15F3O4/c1-7(4-12(19)20-3)11(18)6-21-14-8(2)9(15)5-10(16)13(14)17/h5,7H,4,6H2,1-3H3/t7-/m0/s1. The van der Waals surface area contributed by atoms with E-state index in [1.165, 1.54) is 21.0 Å². The fraction of sp³-hybridized carbons (Fsp3) is 0.429. The molecule has 116 valence electrons. The first-order valence-corrected chi connectivity index (χ1v) is 6.14. The molecule has 0 aliphatic carbocycles. The molecule has 1 aromatic rings. The quantitative estimate of drug-likeness (QED) is 0.599. The summed E-state index contributed by atoms with van der Waals surface area (Å²) in [6.07, 6.45) is -0.155. The Balaban J connectivity index is 2.76. The topological polar surface area (TPSA) is 52.6 Å². The smallest absolute Gasteiger partial charge is 0.306 e. The number of rotatable bonds is 6. The molecule has 0 fully saturated rings. The molecule has 0 N–H and O–H groups in total. The lowest BCUT2D eigenvalue weighted by molar-refractivity contribution is -0.143. The molecule has 0 amide bonds. The van der Waals surface area contributed by atoms with Crippen LogP contribution in [-0.4, -0.2) is 25.5 Å². The molecule has 1 atom stereocenters. The van der Waals surface area contributed by atoms with E-state index in [2.05, 4.69) is 4.74 Å². The minimum atomic E-state index is -1.40. The predicted molar refractivity (Wildman–Crippen MR) is 67.4 cm³/mol. The number of ketones is 1. The van der Waals surface area contributed by atoms with Crippen molar-refractivity contribution in [2.24, 2.45) is 5.92 Å². The summed E-state index contributed by atoms with van der Waals surface area (Å²) in [4.78, 5) is 22.7. The van der Waals surface area contributed by atoms with Crippen molar-refractivity contribution >= 4 is 11.8 Å². The van der Waals surface area contributed by atoms with Gasteiger partial charge in [0.15, 0.2) is 17.3 Å². The average Bonchev–Trinajstić information content (AvgIpc) is 2.44. The monoisotopic (exact) mass is 304 g/mol. The molecule has 1 rings (SSSR count). The van der Waals surface area contributed by atoms with Gasteiger partial charge in [0, 0.05) is 17.5 Å². The van der Waals surface area contributed by atoms with Gasteiger partial charge >= 0.3 is 5.97 Å². The molecule has 0 radical (unpaired) electrons. The van der Waals surface area contributed by atoms with Crippen LogP contribution in [0.3, 0.4) is 0 Å². The van der Waals surface area contributed by atoms with E-state index in [4.69, 9.17) is 4.74 Å². The third-order valence-corrected chi connectivity index (χ3v) is 2.97. The highest BCUT2D eigenvalue weighted by molar-refractivity contribution is 5.86. The number of benzene rings is 1. The Morgan fingerprint density at radius 2 is 1.86 bits per heavy atom. The molecule has 0 bridgehead atoms.